The van der Waals surface area contributed by atoms with Gasteiger partial charge in [-0.1, -0.05) is 36.9 Å². The smallest absolute Gasteiger partial charge is 0.254 e. The number of nitrogens with zero attached hydrogens (tertiary/aromatic N) is 2. The van der Waals surface area contributed by atoms with Crippen LogP contribution in [0.2, 0.25) is 5.02 Å². The first-order valence-corrected chi connectivity index (χ1v) is 16.3. The van der Waals surface area contributed by atoms with Gasteiger partial charge in [-0.25, -0.2) is 8.42 Å². The van der Waals surface area contributed by atoms with E-state index in [1.54, 1.807) is 24.3 Å². The van der Waals surface area contributed by atoms with Crippen molar-refractivity contribution in [3.8, 4) is 0 Å². The summed E-state index contributed by atoms with van der Waals surface area (Å²) in [5, 5.41) is 1.87. The van der Waals surface area contributed by atoms with Crippen LogP contribution in [0.3, 0.4) is 0 Å². The first-order chi connectivity index (χ1) is 19.4. The van der Waals surface area contributed by atoms with Gasteiger partial charge < -0.3 is 9.47 Å². The number of carbonyl (C=O) groups is 1. The minimum Gasteiger partial charge on any atom is -0.341 e. The van der Waals surface area contributed by atoms with Crippen molar-refractivity contribution in [1.29, 1.82) is 0 Å². The third-order valence-electron chi connectivity index (χ3n) is 9.27. The quantitative estimate of drug-likeness (QED) is 0.252. The molecule has 4 aromatic rings. The molecule has 0 spiro atoms. The van der Waals surface area contributed by atoms with E-state index in [1.807, 2.05) is 4.90 Å². The van der Waals surface area contributed by atoms with Crippen LogP contribution in [0.1, 0.15) is 84.1 Å². The molecule has 7 heteroatoms. The molecule has 0 bridgehead atoms. The maximum atomic E-state index is 13.8. The summed E-state index contributed by atoms with van der Waals surface area (Å²) >= 11 is 5.93. The van der Waals surface area contributed by atoms with Gasteiger partial charge in [0.25, 0.3) is 5.91 Å². The number of amides is 1. The van der Waals surface area contributed by atoms with E-state index in [4.69, 9.17) is 11.6 Å². The zero-order valence-corrected chi connectivity index (χ0v) is 24.1. The number of hydrogen-bond acceptors (Lipinski definition) is 3. The zero-order valence-electron chi connectivity index (χ0n) is 22.5. The second kappa shape index (κ2) is 10.1. The molecular formula is C33H33ClN2O3S. The molecule has 0 unspecified atom stereocenters. The average Bonchev–Trinajstić information content (AvgIpc) is 3.32. The molecule has 3 aromatic carbocycles. The second-order valence-corrected chi connectivity index (χ2v) is 13.9. The highest BCUT2D eigenvalue weighted by molar-refractivity contribution is 7.91. The van der Waals surface area contributed by atoms with Crippen LogP contribution in [0.25, 0.3) is 10.9 Å². The Morgan fingerprint density at radius 3 is 2.23 bits per heavy atom. The zero-order chi connectivity index (χ0) is 27.4. The Bertz CT molecular complexity index is 1700. The van der Waals surface area contributed by atoms with Gasteiger partial charge in [0.15, 0.2) is 0 Å². The van der Waals surface area contributed by atoms with E-state index in [9.17, 15) is 13.2 Å². The molecule has 3 aliphatic rings. The summed E-state index contributed by atoms with van der Waals surface area (Å²) in [6, 6.07) is 19.7. The van der Waals surface area contributed by atoms with Crippen LogP contribution in [-0.4, -0.2) is 30.3 Å². The molecule has 0 radical (unpaired) electrons. The number of carbonyl (C=O) groups excluding carboxylic acids is 1. The van der Waals surface area contributed by atoms with Gasteiger partial charge in [0.05, 0.1) is 15.8 Å². The van der Waals surface area contributed by atoms with Crippen LogP contribution < -0.4 is 0 Å². The first-order valence-electron chi connectivity index (χ1n) is 14.5. The molecule has 206 valence electrons. The van der Waals surface area contributed by atoms with Crippen molar-refractivity contribution in [3.63, 3.8) is 0 Å². The lowest BCUT2D eigenvalue weighted by atomic mass is 9.83. The third-order valence-corrected chi connectivity index (χ3v) is 11.3. The number of sulfone groups is 1. The molecule has 1 aliphatic heterocycles. The highest BCUT2D eigenvalue weighted by atomic mass is 35.5. The molecule has 1 fully saturated rings. The Labute approximate surface area is 240 Å². The van der Waals surface area contributed by atoms with Gasteiger partial charge in [0.2, 0.25) is 9.84 Å². The third kappa shape index (κ3) is 4.27. The molecule has 1 atom stereocenters. The number of aromatic nitrogens is 1. The maximum absolute atomic E-state index is 13.8. The standard InChI is InChI=1S/C33H33ClN2O3S/c34-25-12-16-27(17-13-25)40(38,39)26-14-9-23(10-15-26)33(37)36-20-19-35-30-18-11-24(22-5-2-1-3-6-22)21-29(30)28-7-4-8-31(36)32(28)35/h9-18,21-22,31H,1-8,19-20H2/t31-/m1/s1. The van der Waals surface area contributed by atoms with Crippen molar-refractivity contribution in [2.24, 2.45) is 0 Å². The summed E-state index contributed by atoms with van der Waals surface area (Å²) in [7, 11) is -3.69. The largest absolute Gasteiger partial charge is 0.341 e. The van der Waals surface area contributed by atoms with Gasteiger partial charge in [-0.2, -0.15) is 0 Å². The van der Waals surface area contributed by atoms with Gasteiger partial charge in [-0.05, 0) is 110 Å². The van der Waals surface area contributed by atoms with Crippen molar-refractivity contribution in [1.82, 2.24) is 9.47 Å². The normalized spacial score (nSPS) is 19.5. The lowest BCUT2D eigenvalue weighted by molar-refractivity contribution is 0.0601. The summed E-state index contributed by atoms with van der Waals surface area (Å²) in [5.74, 6) is 0.638. The monoisotopic (exact) mass is 572 g/mol. The molecule has 0 N–H and O–H groups in total. The van der Waals surface area contributed by atoms with Gasteiger partial charge >= 0.3 is 0 Å². The molecule has 40 heavy (non-hydrogen) atoms. The predicted molar refractivity (Wildman–Crippen MR) is 158 cm³/mol. The van der Waals surface area contributed by atoms with E-state index in [1.165, 1.54) is 84.1 Å². The van der Waals surface area contributed by atoms with E-state index in [-0.39, 0.29) is 21.7 Å². The van der Waals surface area contributed by atoms with Crippen LogP contribution in [0.15, 0.2) is 76.5 Å². The Hall–Kier alpha value is -3.09. The van der Waals surface area contributed by atoms with Gasteiger partial charge in [0.1, 0.15) is 0 Å². The van der Waals surface area contributed by atoms with Crippen molar-refractivity contribution in [3.05, 3.63) is 94.1 Å². The van der Waals surface area contributed by atoms with Gasteiger partial charge in [0, 0.05) is 40.3 Å². The molecule has 0 saturated heterocycles. The predicted octanol–water partition coefficient (Wildman–Crippen LogP) is 7.71. The second-order valence-electron chi connectivity index (χ2n) is 11.5. The Morgan fingerprint density at radius 2 is 1.50 bits per heavy atom. The molecule has 1 aromatic heterocycles. The molecule has 5 nitrogen and oxygen atoms in total. The fourth-order valence-electron chi connectivity index (χ4n) is 7.25. The summed E-state index contributed by atoms with van der Waals surface area (Å²) in [4.78, 5) is 16.2. The van der Waals surface area contributed by atoms with E-state index in [0.29, 0.717) is 23.0 Å². The van der Waals surface area contributed by atoms with E-state index in [0.717, 1.165) is 25.8 Å². The molecule has 2 heterocycles. The molecular weight excluding hydrogens is 540 g/mol. The van der Waals surface area contributed by atoms with E-state index in [2.05, 4.69) is 22.8 Å². The van der Waals surface area contributed by atoms with Crippen molar-refractivity contribution < 1.29 is 13.2 Å². The van der Waals surface area contributed by atoms with Crippen molar-refractivity contribution in [2.45, 2.75) is 79.7 Å². The minimum atomic E-state index is -3.69. The Balaban J connectivity index is 1.18. The van der Waals surface area contributed by atoms with Gasteiger partial charge in [-0.15, -0.1) is 0 Å². The summed E-state index contributed by atoms with van der Waals surface area (Å²) < 4.78 is 28.6. The number of rotatable bonds is 4. The van der Waals surface area contributed by atoms with Crippen LogP contribution in [0.4, 0.5) is 0 Å². The van der Waals surface area contributed by atoms with E-state index < -0.39 is 9.84 Å². The lowest BCUT2D eigenvalue weighted by Crippen LogP contribution is -2.43. The number of hydrogen-bond donors (Lipinski definition) is 0. The topological polar surface area (TPSA) is 59.4 Å². The molecule has 1 saturated carbocycles. The molecule has 1 amide bonds. The molecule has 7 rings (SSSR count). The number of halogens is 1. The number of aryl methyl sites for hydroxylation is 1. The lowest BCUT2D eigenvalue weighted by Gasteiger charge is -2.40. The molecule has 2 aliphatic carbocycles. The highest BCUT2D eigenvalue weighted by Crippen LogP contribution is 2.44. The summed E-state index contributed by atoms with van der Waals surface area (Å²) in [6.45, 7) is 1.43. The first kappa shape index (κ1) is 25.8. The van der Waals surface area contributed by atoms with Crippen molar-refractivity contribution >= 4 is 38.2 Å². The SMILES string of the molecule is O=C(c1ccc(S(=O)(=O)c2ccc(Cl)cc2)cc1)N1CCn2c3c(c4cc(C5CCCCC5)ccc42)CCC[C@H]31. The average molecular weight is 573 g/mol. The fourth-order valence-corrected chi connectivity index (χ4v) is 8.63. The number of benzene rings is 3. The fraction of sp³-hybridized carbons (Fsp3) is 0.364. The van der Waals surface area contributed by atoms with Crippen LogP contribution in [-0.2, 0) is 22.8 Å². The van der Waals surface area contributed by atoms with Crippen molar-refractivity contribution in [2.75, 3.05) is 6.54 Å². The Morgan fingerprint density at radius 1 is 0.800 bits per heavy atom. The van der Waals surface area contributed by atoms with E-state index >= 15 is 0 Å². The maximum Gasteiger partial charge on any atom is 0.254 e. The van der Waals surface area contributed by atoms with Crippen LogP contribution in [0.5, 0.6) is 0 Å². The highest BCUT2D eigenvalue weighted by Gasteiger charge is 2.37. The van der Waals surface area contributed by atoms with Crippen LogP contribution in [0, 0.1) is 0 Å². The van der Waals surface area contributed by atoms with Crippen LogP contribution >= 0.6 is 11.6 Å². The number of fused-ring (bicyclic) bond motifs is 3. The summed E-state index contributed by atoms with van der Waals surface area (Å²) in [5.41, 5.74) is 6.04. The summed E-state index contributed by atoms with van der Waals surface area (Å²) in [6.07, 6.45) is 9.67. The minimum absolute atomic E-state index is 0.0345. The van der Waals surface area contributed by atoms with Gasteiger partial charge in [-0.3, -0.25) is 4.79 Å². The Kier molecular flexibility index (Phi) is 6.51.